The summed E-state index contributed by atoms with van der Waals surface area (Å²) in [6, 6.07) is 7.73. The largest absolute Gasteiger partial charge is 0.497 e. The summed E-state index contributed by atoms with van der Waals surface area (Å²) in [5.74, 6) is 2.64. The van der Waals surface area contributed by atoms with E-state index >= 15 is 0 Å². The van der Waals surface area contributed by atoms with Crippen molar-refractivity contribution in [3.63, 3.8) is 0 Å². The number of ether oxygens (including phenoxy) is 2. The molecule has 0 amide bonds. The lowest BCUT2D eigenvalue weighted by Gasteiger charge is -2.37. The third-order valence-electron chi connectivity index (χ3n) is 4.73. The van der Waals surface area contributed by atoms with Gasteiger partial charge in [-0.3, -0.25) is 0 Å². The number of benzene rings is 1. The zero-order valence-electron chi connectivity index (χ0n) is 13.4. The predicted molar refractivity (Wildman–Crippen MR) is 86.9 cm³/mol. The highest BCUT2D eigenvalue weighted by Crippen LogP contribution is 2.34. The van der Waals surface area contributed by atoms with Gasteiger partial charge >= 0.3 is 0 Å². The molecule has 0 atom stereocenters. The molecule has 3 heteroatoms. The van der Waals surface area contributed by atoms with E-state index in [1.54, 1.807) is 7.11 Å². The van der Waals surface area contributed by atoms with Crippen molar-refractivity contribution in [2.75, 3.05) is 13.7 Å². The molecule has 2 N–H and O–H groups in total. The van der Waals surface area contributed by atoms with Crippen LogP contribution in [0.4, 0.5) is 0 Å². The van der Waals surface area contributed by atoms with Gasteiger partial charge in [0.25, 0.3) is 0 Å². The minimum atomic E-state index is -0.0172. The SMILES string of the molecule is CCCC1CCC(N)(CCOc2ccc(OC)cc2)CC1. The Hall–Kier alpha value is -1.22. The fourth-order valence-corrected chi connectivity index (χ4v) is 3.24. The summed E-state index contributed by atoms with van der Waals surface area (Å²) in [6.07, 6.45) is 8.45. The van der Waals surface area contributed by atoms with Crippen LogP contribution in [0.3, 0.4) is 0 Å². The molecular weight excluding hydrogens is 262 g/mol. The summed E-state index contributed by atoms with van der Waals surface area (Å²) in [5.41, 5.74) is 6.51. The van der Waals surface area contributed by atoms with Crippen LogP contribution in [0.1, 0.15) is 51.9 Å². The van der Waals surface area contributed by atoms with E-state index in [0.29, 0.717) is 6.61 Å². The summed E-state index contributed by atoms with van der Waals surface area (Å²) in [5, 5.41) is 0. The van der Waals surface area contributed by atoms with Gasteiger partial charge in [-0.05, 0) is 62.3 Å². The lowest BCUT2D eigenvalue weighted by molar-refractivity contribution is 0.180. The third kappa shape index (κ3) is 4.92. The van der Waals surface area contributed by atoms with Crippen molar-refractivity contribution in [2.24, 2.45) is 11.7 Å². The number of hydrogen-bond acceptors (Lipinski definition) is 3. The second-order valence-electron chi connectivity index (χ2n) is 6.37. The van der Waals surface area contributed by atoms with E-state index in [-0.39, 0.29) is 5.54 Å². The van der Waals surface area contributed by atoms with Gasteiger partial charge < -0.3 is 15.2 Å². The molecule has 2 rings (SSSR count). The molecule has 0 radical (unpaired) electrons. The zero-order chi connectivity index (χ0) is 15.1. The van der Waals surface area contributed by atoms with Crippen LogP contribution in [-0.4, -0.2) is 19.3 Å². The van der Waals surface area contributed by atoms with Gasteiger partial charge in [0.2, 0.25) is 0 Å². The maximum absolute atomic E-state index is 6.53. The van der Waals surface area contributed by atoms with E-state index in [9.17, 15) is 0 Å². The van der Waals surface area contributed by atoms with Crippen molar-refractivity contribution >= 4 is 0 Å². The number of hydrogen-bond donors (Lipinski definition) is 1. The molecular formula is C18H29NO2. The summed E-state index contributed by atoms with van der Waals surface area (Å²) in [4.78, 5) is 0. The first-order chi connectivity index (χ1) is 10.1. The van der Waals surface area contributed by atoms with Gasteiger partial charge in [0.1, 0.15) is 11.5 Å². The van der Waals surface area contributed by atoms with Crippen molar-refractivity contribution in [3.05, 3.63) is 24.3 Å². The molecule has 21 heavy (non-hydrogen) atoms. The van der Waals surface area contributed by atoms with Crippen LogP contribution >= 0.6 is 0 Å². The molecule has 1 fully saturated rings. The molecule has 118 valence electrons. The van der Waals surface area contributed by atoms with Crippen LogP contribution < -0.4 is 15.2 Å². The molecule has 0 spiro atoms. The van der Waals surface area contributed by atoms with Crippen molar-refractivity contribution in [2.45, 2.75) is 57.4 Å². The van der Waals surface area contributed by atoms with E-state index in [1.807, 2.05) is 24.3 Å². The first-order valence-electron chi connectivity index (χ1n) is 8.21. The molecule has 1 aliphatic carbocycles. The highest BCUT2D eigenvalue weighted by atomic mass is 16.5. The molecule has 0 bridgehead atoms. The highest BCUT2D eigenvalue weighted by Gasteiger charge is 2.31. The molecule has 0 aromatic heterocycles. The topological polar surface area (TPSA) is 44.5 Å². The van der Waals surface area contributed by atoms with E-state index in [1.165, 1.54) is 25.7 Å². The van der Waals surface area contributed by atoms with Gasteiger partial charge in [0.05, 0.1) is 13.7 Å². The van der Waals surface area contributed by atoms with Crippen LogP contribution in [0, 0.1) is 5.92 Å². The molecule has 0 aliphatic heterocycles. The Morgan fingerprint density at radius 3 is 2.33 bits per heavy atom. The van der Waals surface area contributed by atoms with Crippen molar-refractivity contribution < 1.29 is 9.47 Å². The number of methoxy groups -OCH3 is 1. The third-order valence-corrected chi connectivity index (χ3v) is 4.73. The summed E-state index contributed by atoms with van der Waals surface area (Å²) >= 11 is 0. The Balaban J connectivity index is 1.72. The van der Waals surface area contributed by atoms with E-state index in [0.717, 1.165) is 36.7 Å². The van der Waals surface area contributed by atoms with Gasteiger partial charge in [0.15, 0.2) is 0 Å². The molecule has 1 saturated carbocycles. The van der Waals surface area contributed by atoms with E-state index in [4.69, 9.17) is 15.2 Å². The molecule has 1 aromatic rings. The predicted octanol–water partition coefficient (Wildman–Crippen LogP) is 4.15. The minimum Gasteiger partial charge on any atom is -0.497 e. The smallest absolute Gasteiger partial charge is 0.119 e. The molecule has 1 aliphatic rings. The second-order valence-corrected chi connectivity index (χ2v) is 6.37. The molecule has 0 unspecified atom stereocenters. The van der Waals surface area contributed by atoms with Gasteiger partial charge in [-0.25, -0.2) is 0 Å². The number of rotatable bonds is 7. The fourth-order valence-electron chi connectivity index (χ4n) is 3.24. The lowest BCUT2D eigenvalue weighted by Crippen LogP contribution is -2.44. The number of nitrogens with two attached hydrogens (primary N) is 1. The van der Waals surface area contributed by atoms with Gasteiger partial charge in [-0.2, -0.15) is 0 Å². The quantitative estimate of drug-likeness (QED) is 0.820. The Bertz CT molecular complexity index is 408. The van der Waals surface area contributed by atoms with Crippen LogP contribution in [0.2, 0.25) is 0 Å². The molecule has 3 nitrogen and oxygen atoms in total. The van der Waals surface area contributed by atoms with Crippen molar-refractivity contribution in [1.82, 2.24) is 0 Å². The Morgan fingerprint density at radius 1 is 1.14 bits per heavy atom. The zero-order valence-corrected chi connectivity index (χ0v) is 13.4. The summed E-state index contributed by atoms with van der Waals surface area (Å²) in [7, 11) is 1.67. The normalized spacial score (nSPS) is 25.6. The van der Waals surface area contributed by atoms with Crippen molar-refractivity contribution in [3.8, 4) is 11.5 Å². The fraction of sp³-hybridized carbons (Fsp3) is 0.667. The molecule has 0 heterocycles. The first-order valence-corrected chi connectivity index (χ1v) is 8.21. The van der Waals surface area contributed by atoms with Crippen LogP contribution in [0.15, 0.2) is 24.3 Å². The Kier molecular flexibility index (Phi) is 5.92. The average Bonchev–Trinajstić information content (AvgIpc) is 2.51. The second kappa shape index (κ2) is 7.69. The minimum absolute atomic E-state index is 0.0172. The average molecular weight is 291 g/mol. The summed E-state index contributed by atoms with van der Waals surface area (Å²) in [6.45, 7) is 2.97. The van der Waals surface area contributed by atoms with Gasteiger partial charge in [-0.1, -0.05) is 19.8 Å². The monoisotopic (exact) mass is 291 g/mol. The molecule has 1 aromatic carbocycles. The van der Waals surface area contributed by atoms with Crippen LogP contribution in [-0.2, 0) is 0 Å². The molecule has 0 saturated heterocycles. The van der Waals surface area contributed by atoms with Crippen LogP contribution in [0.25, 0.3) is 0 Å². The van der Waals surface area contributed by atoms with Gasteiger partial charge in [-0.15, -0.1) is 0 Å². The standard InChI is InChI=1S/C18H29NO2/c1-3-4-15-9-11-18(19,12-10-15)13-14-21-17-7-5-16(20-2)6-8-17/h5-8,15H,3-4,9-14,19H2,1-2H3. The van der Waals surface area contributed by atoms with Crippen LogP contribution in [0.5, 0.6) is 11.5 Å². The van der Waals surface area contributed by atoms with E-state index in [2.05, 4.69) is 6.92 Å². The maximum atomic E-state index is 6.53. The van der Waals surface area contributed by atoms with Crippen molar-refractivity contribution in [1.29, 1.82) is 0 Å². The maximum Gasteiger partial charge on any atom is 0.119 e. The Morgan fingerprint density at radius 2 is 1.76 bits per heavy atom. The van der Waals surface area contributed by atoms with Gasteiger partial charge in [0, 0.05) is 5.54 Å². The van der Waals surface area contributed by atoms with E-state index < -0.39 is 0 Å². The first kappa shape index (κ1) is 16.2. The lowest BCUT2D eigenvalue weighted by atomic mass is 9.74. The Labute approximate surface area is 128 Å². The highest BCUT2D eigenvalue weighted by molar-refractivity contribution is 5.31. The summed E-state index contributed by atoms with van der Waals surface area (Å²) < 4.78 is 11.0.